The van der Waals surface area contributed by atoms with E-state index in [9.17, 15) is 5.11 Å². The lowest BCUT2D eigenvalue weighted by Crippen LogP contribution is -2.36. The molecule has 14 heavy (non-hydrogen) atoms. The first kappa shape index (κ1) is 11.1. The molecule has 0 amide bonds. The smallest absolute Gasteiger partial charge is 0.130 e. The van der Waals surface area contributed by atoms with Gasteiger partial charge in [-0.3, -0.25) is 0 Å². The fraction of sp³-hybridized carbons (Fsp3) is 0.500. The summed E-state index contributed by atoms with van der Waals surface area (Å²) in [7, 11) is 0. The molecule has 0 aromatic carbocycles. The van der Waals surface area contributed by atoms with Crippen molar-refractivity contribution in [3.63, 3.8) is 0 Å². The predicted molar refractivity (Wildman–Crippen MR) is 57.8 cm³/mol. The van der Waals surface area contributed by atoms with Crippen LogP contribution in [0.1, 0.15) is 20.3 Å². The molecule has 0 aromatic heterocycles. The van der Waals surface area contributed by atoms with Gasteiger partial charge in [0.1, 0.15) is 6.10 Å². The van der Waals surface area contributed by atoms with E-state index in [1.165, 1.54) is 11.8 Å². The molecule has 1 rings (SSSR count). The molecule has 0 aliphatic heterocycles. The summed E-state index contributed by atoms with van der Waals surface area (Å²) in [5.41, 5.74) is 1.18. The van der Waals surface area contributed by atoms with Gasteiger partial charge in [0.15, 0.2) is 0 Å². The Morgan fingerprint density at radius 1 is 1.79 bits per heavy atom. The summed E-state index contributed by atoms with van der Waals surface area (Å²) in [4.78, 5) is 0. The van der Waals surface area contributed by atoms with Gasteiger partial charge in [0.05, 0.1) is 12.9 Å². The molecular weight excluding hydrogens is 176 g/mol. The molecule has 1 aliphatic carbocycles. The number of allylic oxidation sites excluding steroid dienone is 3. The highest BCUT2D eigenvalue weighted by Gasteiger charge is 2.33. The Bertz CT molecular complexity index is 265. The Morgan fingerprint density at radius 2 is 2.50 bits per heavy atom. The maximum atomic E-state index is 9.23. The zero-order chi connectivity index (χ0) is 10.6. The largest absolute Gasteiger partial charge is 0.495 e. The standard InChI is InChI=1S/C12H18O2/c1-4-14-11(9-13)12(3)7-5-6-10(2)8-12/h4-7,11,13H,1,8-9H2,2-3H3. The van der Waals surface area contributed by atoms with Crippen LogP contribution in [0.5, 0.6) is 0 Å². The van der Waals surface area contributed by atoms with Crippen molar-refractivity contribution >= 4 is 0 Å². The van der Waals surface area contributed by atoms with Crippen LogP contribution in [0.3, 0.4) is 0 Å². The van der Waals surface area contributed by atoms with Crippen molar-refractivity contribution in [2.75, 3.05) is 6.61 Å². The maximum absolute atomic E-state index is 9.23. The first-order valence-corrected chi connectivity index (χ1v) is 4.84. The third kappa shape index (κ3) is 2.26. The minimum absolute atomic E-state index is 0.0140. The van der Waals surface area contributed by atoms with Crippen molar-refractivity contribution in [2.45, 2.75) is 26.4 Å². The number of hydrogen-bond acceptors (Lipinski definition) is 2. The Balaban J connectivity index is 2.78. The van der Waals surface area contributed by atoms with E-state index in [1.807, 2.05) is 6.08 Å². The monoisotopic (exact) mass is 194 g/mol. The normalized spacial score (nSPS) is 28.1. The van der Waals surface area contributed by atoms with Crippen LogP contribution in [0.25, 0.3) is 0 Å². The molecule has 2 atom stereocenters. The molecule has 0 aromatic rings. The minimum Gasteiger partial charge on any atom is -0.495 e. The average Bonchev–Trinajstić information content (AvgIpc) is 2.13. The molecule has 2 unspecified atom stereocenters. The molecule has 0 saturated carbocycles. The first-order chi connectivity index (χ1) is 6.62. The van der Waals surface area contributed by atoms with Crippen molar-refractivity contribution in [3.05, 3.63) is 36.6 Å². The zero-order valence-electron chi connectivity index (χ0n) is 8.86. The van der Waals surface area contributed by atoms with E-state index in [1.54, 1.807) is 0 Å². The average molecular weight is 194 g/mol. The van der Waals surface area contributed by atoms with Crippen LogP contribution >= 0.6 is 0 Å². The molecule has 78 valence electrons. The van der Waals surface area contributed by atoms with Crippen molar-refractivity contribution in [3.8, 4) is 0 Å². The van der Waals surface area contributed by atoms with Crippen LogP contribution in [0.15, 0.2) is 36.6 Å². The second kappa shape index (κ2) is 4.47. The molecule has 2 heteroatoms. The molecule has 1 N–H and O–H groups in total. The maximum Gasteiger partial charge on any atom is 0.130 e. The lowest BCUT2D eigenvalue weighted by Gasteiger charge is -2.35. The molecular formula is C12H18O2. The molecule has 2 nitrogen and oxygen atoms in total. The van der Waals surface area contributed by atoms with E-state index < -0.39 is 0 Å². The number of aliphatic hydroxyl groups is 1. The number of ether oxygens (including phenoxy) is 1. The van der Waals surface area contributed by atoms with Gasteiger partial charge in [-0.25, -0.2) is 0 Å². The van der Waals surface area contributed by atoms with Crippen molar-refractivity contribution in [1.82, 2.24) is 0 Å². The zero-order valence-corrected chi connectivity index (χ0v) is 8.86. The van der Waals surface area contributed by atoms with Gasteiger partial charge in [-0.15, -0.1) is 0 Å². The van der Waals surface area contributed by atoms with Gasteiger partial charge in [-0.2, -0.15) is 0 Å². The Hall–Kier alpha value is -1.02. The third-order valence-corrected chi connectivity index (χ3v) is 2.68. The molecule has 0 radical (unpaired) electrons. The Labute approximate surface area is 85.6 Å². The van der Waals surface area contributed by atoms with Gasteiger partial charge in [-0.1, -0.05) is 37.3 Å². The summed E-state index contributed by atoms with van der Waals surface area (Å²) in [6.45, 7) is 7.71. The molecule has 0 saturated heterocycles. The quantitative estimate of drug-likeness (QED) is 0.696. The van der Waals surface area contributed by atoms with Crippen molar-refractivity contribution < 1.29 is 9.84 Å². The first-order valence-electron chi connectivity index (χ1n) is 4.84. The molecule has 0 fully saturated rings. The van der Waals surface area contributed by atoms with Gasteiger partial charge in [0, 0.05) is 5.41 Å². The molecule has 1 aliphatic rings. The lowest BCUT2D eigenvalue weighted by atomic mass is 9.76. The van der Waals surface area contributed by atoms with Crippen LogP contribution in [0.4, 0.5) is 0 Å². The highest BCUT2D eigenvalue weighted by Crippen LogP contribution is 2.35. The highest BCUT2D eigenvalue weighted by molar-refractivity contribution is 5.23. The van der Waals surface area contributed by atoms with Gasteiger partial charge in [-0.05, 0) is 13.3 Å². The van der Waals surface area contributed by atoms with Gasteiger partial charge >= 0.3 is 0 Å². The topological polar surface area (TPSA) is 29.5 Å². The lowest BCUT2D eigenvalue weighted by molar-refractivity contribution is 0.00618. The minimum atomic E-state index is -0.208. The number of hydrogen-bond donors (Lipinski definition) is 1. The summed E-state index contributed by atoms with van der Waals surface area (Å²) in [6.07, 6.45) is 8.30. The van der Waals surface area contributed by atoms with E-state index in [0.29, 0.717) is 0 Å². The molecule has 0 bridgehead atoms. The highest BCUT2D eigenvalue weighted by atomic mass is 16.5. The summed E-state index contributed by atoms with van der Waals surface area (Å²) >= 11 is 0. The van der Waals surface area contributed by atoms with Gasteiger partial charge < -0.3 is 9.84 Å². The van der Waals surface area contributed by atoms with Crippen LogP contribution in [0, 0.1) is 5.41 Å². The van der Waals surface area contributed by atoms with Crippen molar-refractivity contribution in [1.29, 1.82) is 0 Å². The molecule has 0 spiro atoms. The van der Waals surface area contributed by atoms with Crippen molar-refractivity contribution in [2.24, 2.45) is 5.41 Å². The van der Waals surface area contributed by atoms with E-state index in [0.717, 1.165) is 6.42 Å². The van der Waals surface area contributed by atoms with Crippen LogP contribution < -0.4 is 0 Å². The fourth-order valence-corrected chi connectivity index (χ4v) is 1.90. The van der Waals surface area contributed by atoms with Gasteiger partial charge in [0.25, 0.3) is 0 Å². The number of aliphatic hydroxyl groups excluding tert-OH is 1. The summed E-state index contributed by atoms with van der Waals surface area (Å²) in [5.74, 6) is 0. The Morgan fingerprint density at radius 3 is 3.00 bits per heavy atom. The third-order valence-electron chi connectivity index (χ3n) is 2.68. The van der Waals surface area contributed by atoms with E-state index >= 15 is 0 Å². The van der Waals surface area contributed by atoms with E-state index in [4.69, 9.17) is 4.74 Å². The second-order valence-corrected chi connectivity index (χ2v) is 4.03. The van der Waals surface area contributed by atoms with Crippen LogP contribution in [0.2, 0.25) is 0 Å². The second-order valence-electron chi connectivity index (χ2n) is 4.03. The van der Waals surface area contributed by atoms with Crippen LogP contribution in [-0.4, -0.2) is 17.8 Å². The summed E-state index contributed by atoms with van der Waals surface area (Å²) < 4.78 is 5.32. The Kier molecular flexibility index (Phi) is 3.53. The van der Waals surface area contributed by atoms with E-state index in [-0.39, 0.29) is 18.1 Å². The predicted octanol–water partition coefficient (Wildman–Crippen LogP) is 2.42. The fourth-order valence-electron chi connectivity index (χ4n) is 1.90. The summed E-state index contributed by atoms with van der Waals surface area (Å²) in [5, 5.41) is 9.23. The SMILES string of the molecule is C=COC(CO)C1(C)C=CC=C(C)C1. The molecule has 0 heterocycles. The van der Waals surface area contributed by atoms with Crippen LogP contribution in [-0.2, 0) is 4.74 Å². The van der Waals surface area contributed by atoms with Gasteiger partial charge in [0.2, 0.25) is 0 Å². The number of rotatable bonds is 4. The summed E-state index contributed by atoms with van der Waals surface area (Å²) in [6, 6.07) is 0. The van der Waals surface area contributed by atoms with E-state index in [2.05, 4.69) is 32.6 Å².